The Morgan fingerprint density at radius 3 is 2.90 bits per heavy atom. The van der Waals surface area contributed by atoms with Gasteiger partial charge in [-0.05, 0) is 13.0 Å². The van der Waals surface area contributed by atoms with E-state index in [0.29, 0.717) is 13.2 Å². The van der Waals surface area contributed by atoms with Gasteiger partial charge < -0.3 is 19.2 Å². The van der Waals surface area contributed by atoms with Crippen molar-refractivity contribution in [3.8, 4) is 0 Å². The lowest BCUT2D eigenvalue weighted by Crippen LogP contribution is -2.22. The molecule has 2 heterocycles. The molecule has 0 fully saturated rings. The smallest absolute Gasteiger partial charge is 0.250 e. The number of hydrogen-bond acceptors (Lipinski definition) is 4. The summed E-state index contributed by atoms with van der Waals surface area (Å²) in [7, 11) is 3.58. The van der Waals surface area contributed by atoms with Gasteiger partial charge in [-0.1, -0.05) is 0 Å². The van der Waals surface area contributed by atoms with Gasteiger partial charge >= 0.3 is 0 Å². The van der Waals surface area contributed by atoms with Gasteiger partial charge in [0.1, 0.15) is 5.82 Å². The summed E-state index contributed by atoms with van der Waals surface area (Å²) in [6, 6.07) is 3.40. The summed E-state index contributed by atoms with van der Waals surface area (Å²) in [5.74, 6) is 0.944. The van der Waals surface area contributed by atoms with E-state index in [1.165, 1.54) is 0 Å². The molecule has 1 N–H and O–H groups in total. The molecule has 0 aliphatic heterocycles. The van der Waals surface area contributed by atoms with Crippen molar-refractivity contribution in [3.05, 3.63) is 46.9 Å². The van der Waals surface area contributed by atoms with Crippen LogP contribution in [0.15, 0.2) is 35.5 Å². The second-order valence-electron chi connectivity index (χ2n) is 4.70. The quantitative estimate of drug-likeness (QED) is 0.866. The van der Waals surface area contributed by atoms with E-state index in [-0.39, 0.29) is 11.6 Å². The topological polar surface area (TPSA) is 61.1 Å². The first-order chi connectivity index (χ1) is 9.61. The molecule has 0 aliphatic carbocycles. The number of hydrogen-bond donors (Lipinski definition) is 1. The summed E-state index contributed by atoms with van der Waals surface area (Å²) in [6.07, 6.45) is 5.49. The van der Waals surface area contributed by atoms with E-state index >= 15 is 0 Å². The molecule has 0 radical (unpaired) electrons. The number of nitrogens with one attached hydrogen (secondary N) is 1. The minimum atomic E-state index is -0.0303. The molecule has 0 spiro atoms. The standard InChI is InChI=1S/C14H20N4O2/c1-11(14-15-6-7-17(14)2)16-12-4-5-13(19)18(10-12)8-9-20-3/h4-7,10-11,16H,8-9H2,1-3H3. The van der Waals surface area contributed by atoms with Gasteiger partial charge in [-0.2, -0.15) is 0 Å². The Kier molecular flexibility index (Phi) is 4.57. The molecule has 0 saturated carbocycles. The largest absolute Gasteiger partial charge is 0.383 e. The number of methoxy groups -OCH3 is 1. The Morgan fingerprint density at radius 2 is 2.25 bits per heavy atom. The molecule has 0 saturated heterocycles. The molecule has 1 unspecified atom stereocenters. The third-order valence-electron chi connectivity index (χ3n) is 3.15. The maximum absolute atomic E-state index is 11.7. The first-order valence-corrected chi connectivity index (χ1v) is 6.55. The minimum absolute atomic E-state index is 0.0303. The zero-order valence-electron chi connectivity index (χ0n) is 12.0. The van der Waals surface area contributed by atoms with Crippen LogP contribution in [-0.4, -0.2) is 27.8 Å². The maximum atomic E-state index is 11.7. The number of nitrogens with zero attached hydrogens (tertiary/aromatic N) is 3. The van der Waals surface area contributed by atoms with Crippen LogP contribution in [0.4, 0.5) is 5.69 Å². The van der Waals surface area contributed by atoms with Gasteiger partial charge in [0.15, 0.2) is 0 Å². The molecule has 2 aromatic rings. The fraction of sp³-hybridized carbons (Fsp3) is 0.429. The van der Waals surface area contributed by atoms with Crippen molar-refractivity contribution >= 4 is 5.69 Å². The Balaban J connectivity index is 2.13. The van der Waals surface area contributed by atoms with E-state index in [2.05, 4.69) is 10.3 Å². The maximum Gasteiger partial charge on any atom is 0.250 e. The average Bonchev–Trinajstić information content (AvgIpc) is 2.85. The fourth-order valence-corrected chi connectivity index (χ4v) is 2.09. The summed E-state index contributed by atoms with van der Waals surface area (Å²) in [6.45, 7) is 3.09. The number of aryl methyl sites for hydroxylation is 1. The molecule has 6 nitrogen and oxygen atoms in total. The molecule has 6 heteroatoms. The second-order valence-corrected chi connectivity index (χ2v) is 4.70. The summed E-state index contributed by atoms with van der Waals surface area (Å²) < 4.78 is 8.61. The van der Waals surface area contributed by atoms with Crippen LogP contribution in [0.5, 0.6) is 0 Å². The van der Waals surface area contributed by atoms with Crippen LogP contribution in [0.25, 0.3) is 0 Å². The molecule has 0 aromatic carbocycles. The number of ether oxygens (including phenoxy) is 1. The van der Waals surface area contributed by atoms with Gasteiger partial charge in [0.2, 0.25) is 0 Å². The molecule has 20 heavy (non-hydrogen) atoms. The van der Waals surface area contributed by atoms with Crippen LogP contribution >= 0.6 is 0 Å². The number of rotatable bonds is 6. The van der Waals surface area contributed by atoms with E-state index in [1.807, 2.05) is 24.7 Å². The Hall–Kier alpha value is -2.08. The van der Waals surface area contributed by atoms with Crippen molar-refractivity contribution in [2.75, 3.05) is 19.0 Å². The van der Waals surface area contributed by atoms with Crippen LogP contribution in [0.1, 0.15) is 18.8 Å². The number of aromatic nitrogens is 3. The monoisotopic (exact) mass is 276 g/mol. The second kappa shape index (κ2) is 6.38. The molecule has 0 amide bonds. The Bertz CT molecular complexity index is 618. The van der Waals surface area contributed by atoms with E-state index in [1.54, 1.807) is 36.2 Å². The summed E-state index contributed by atoms with van der Waals surface area (Å²) in [5, 5.41) is 3.35. The highest BCUT2D eigenvalue weighted by Gasteiger charge is 2.10. The number of anilines is 1. The van der Waals surface area contributed by atoms with E-state index in [9.17, 15) is 4.79 Å². The number of pyridine rings is 1. The first-order valence-electron chi connectivity index (χ1n) is 6.55. The molecule has 0 bridgehead atoms. The lowest BCUT2D eigenvalue weighted by atomic mass is 10.3. The predicted octanol–water partition coefficient (Wildman–Crippen LogP) is 1.40. The predicted molar refractivity (Wildman–Crippen MR) is 77.8 cm³/mol. The highest BCUT2D eigenvalue weighted by Crippen LogP contribution is 2.16. The van der Waals surface area contributed by atoms with E-state index < -0.39 is 0 Å². The van der Waals surface area contributed by atoms with Crippen LogP contribution < -0.4 is 10.9 Å². The van der Waals surface area contributed by atoms with Crippen molar-refractivity contribution < 1.29 is 4.74 Å². The third-order valence-corrected chi connectivity index (χ3v) is 3.15. The molecule has 2 rings (SSSR count). The molecule has 2 aromatic heterocycles. The van der Waals surface area contributed by atoms with Crippen LogP contribution in [0, 0.1) is 0 Å². The Morgan fingerprint density at radius 1 is 1.45 bits per heavy atom. The molecular weight excluding hydrogens is 256 g/mol. The average molecular weight is 276 g/mol. The molecular formula is C14H20N4O2. The van der Waals surface area contributed by atoms with Crippen molar-refractivity contribution in [2.24, 2.45) is 7.05 Å². The molecule has 0 aliphatic rings. The SMILES string of the molecule is COCCn1cc(NC(C)c2nccn2C)ccc1=O. The van der Waals surface area contributed by atoms with Gasteiger partial charge in [0.05, 0.1) is 18.3 Å². The minimum Gasteiger partial charge on any atom is -0.383 e. The van der Waals surface area contributed by atoms with Gasteiger partial charge in [0, 0.05) is 45.4 Å². The van der Waals surface area contributed by atoms with Crippen molar-refractivity contribution in [1.82, 2.24) is 14.1 Å². The van der Waals surface area contributed by atoms with Crippen molar-refractivity contribution in [3.63, 3.8) is 0 Å². The summed E-state index contributed by atoms with van der Waals surface area (Å²) in [4.78, 5) is 16.0. The van der Waals surface area contributed by atoms with Gasteiger partial charge in [-0.3, -0.25) is 4.79 Å². The summed E-state index contributed by atoms with van der Waals surface area (Å²) in [5.41, 5.74) is 0.855. The van der Waals surface area contributed by atoms with Crippen molar-refractivity contribution in [1.29, 1.82) is 0 Å². The number of imidazole rings is 1. The molecule has 108 valence electrons. The van der Waals surface area contributed by atoms with Crippen LogP contribution in [0.3, 0.4) is 0 Å². The lowest BCUT2D eigenvalue weighted by molar-refractivity contribution is 0.186. The van der Waals surface area contributed by atoms with Gasteiger partial charge in [-0.25, -0.2) is 4.98 Å². The first kappa shape index (κ1) is 14.3. The molecule has 1 atom stereocenters. The normalized spacial score (nSPS) is 12.3. The van der Waals surface area contributed by atoms with Gasteiger partial charge in [0.25, 0.3) is 5.56 Å². The van der Waals surface area contributed by atoms with Crippen LogP contribution in [-0.2, 0) is 18.3 Å². The van der Waals surface area contributed by atoms with Gasteiger partial charge in [-0.15, -0.1) is 0 Å². The highest BCUT2D eigenvalue weighted by atomic mass is 16.5. The Labute approximate surface area is 118 Å². The zero-order valence-corrected chi connectivity index (χ0v) is 12.0. The van der Waals surface area contributed by atoms with E-state index in [4.69, 9.17) is 4.74 Å². The van der Waals surface area contributed by atoms with E-state index in [0.717, 1.165) is 11.5 Å². The fourth-order valence-electron chi connectivity index (χ4n) is 2.09. The van der Waals surface area contributed by atoms with Crippen molar-refractivity contribution in [2.45, 2.75) is 19.5 Å². The third kappa shape index (κ3) is 3.27. The zero-order chi connectivity index (χ0) is 14.5. The van der Waals surface area contributed by atoms with Crippen LogP contribution in [0.2, 0.25) is 0 Å². The lowest BCUT2D eigenvalue weighted by Gasteiger charge is -2.16. The highest BCUT2D eigenvalue weighted by molar-refractivity contribution is 5.41. The summed E-state index contributed by atoms with van der Waals surface area (Å²) >= 11 is 0.